The molecular weight excluding hydrogens is 602 g/mol. The molecule has 3 aromatic rings. The monoisotopic (exact) mass is 639 g/mol. The Hall–Kier alpha value is -3.17. The lowest BCUT2D eigenvalue weighted by atomic mass is 9.94. The van der Waals surface area contributed by atoms with Gasteiger partial charge in [-0.3, -0.25) is 13.9 Å². The van der Waals surface area contributed by atoms with Crippen LogP contribution in [0, 0.1) is 6.92 Å². The number of benzene rings is 3. The molecule has 0 bridgehead atoms. The molecule has 1 N–H and O–H groups in total. The van der Waals surface area contributed by atoms with Crippen molar-refractivity contribution in [3.63, 3.8) is 0 Å². The number of hydrogen-bond acceptors (Lipinski definition) is 4. The normalized spacial score (nSPS) is 14.7. The number of nitrogens with one attached hydrogen (secondary N) is 1. The summed E-state index contributed by atoms with van der Waals surface area (Å²) < 4.78 is 27.7. The van der Waals surface area contributed by atoms with Gasteiger partial charge < -0.3 is 10.2 Å². The fourth-order valence-electron chi connectivity index (χ4n) is 5.33. The van der Waals surface area contributed by atoms with E-state index < -0.39 is 28.5 Å². The number of anilines is 1. The second-order valence-electron chi connectivity index (χ2n) is 10.8. The molecule has 1 aliphatic rings. The highest BCUT2D eigenvalue weighted by Crippen LogP contribution is 2.23. The van der Waals surface area contributed by atoms with Crippen molar-refractivity contribution in [1.29, 1.82) is 0 Å². The van der Waals surface area contributed by atoms with Crippen molar-refractivity contribution >= 4 is 43.5 Å². The Balaban J connectivity index is 1.71. The van der Waals surface area contributed by atoms with Crippen LogP contribution in [0.15, 0.2) is 83.3 Å². The Morgan fingerprint density at radius 2 is 1.59 bits per heavy atom. The molecule has 0 spiro atoms. The van der Waals surface area contributed by atoms with E-state index in [-0.39, 0.29) is 18.5 Å². The lowest BCUT2D eigenvalue weighted by Gasteiger charge is -2.35. The van der Waals surface area contributed by atoms with E-state index in [0.717, 1.165) is 63.8 Å². The first kappa shape index (κ1) is 30.8. The highest BCUT2D eigenvalue weighted by molar-refractivity contribution is 9.10. The van der Waals surface area contributed by atoms with Crippen LogP contribution in [-0.2, 0) is 32.6 Å². The number of carbonyl (C=O) groups excluding carboxylic acids is 2. The molecule has 0 saturated heterocycles. The molecule has 1 atom stereocenters. The smallest absolute Gasteiger partial charge is 0.244 e. The summed E-state index contributed by atoms with van der Waals surface area (Å²) in [6, 6.07) is 23.5. The standard InChI is InChI=1S/C32H38BrN3O4S/c1-24-10-9-13-26(20-24)22-35(31(37)23-36(41(2,39)40)29-18-16-27(33)17-19-29)30(21-25-11-5-3-6-12-25)32(38)34-28-14-7-4-8-15-28/h3,5-6,9-13,16-20,28,30H,4,7-8,14-15,21-23H2,1-2H3,(H,34,38)/t30-/m0/s1. The number of rotatable bonds is 11. The average molecular weight is 641 g/mol. The number of aryl methyl sites for hydroxylation is 1. The van der Waals surface area contributed by atoms with Gasteiger partial charge >= 0.3 is 0 Å². The van der Waals surface area contributed by atoms with Gasteiger partial charge in [-0.2, -0.15) is 0 Å². The van der Waals surface area contributed by atoms with Crippen LogP contribution in [0.5, 0.6) is 0 Å². The summed E-state index contributed by atoms with van der Waals surface area (Å²) in [7, 11) is -3.80. The first-order valence-corrected chi connectivity index (χ1v) is 16.7. The second-order valence-corrected chi connectivity index (χ2v) is 13.6. The average Bonchev–Trinajstić information content (AvgIpc) is 2.94. The Bertz CT molecular complexity index is 1420. The summed E-state index contributed by atoms with van der Waals surface area (Å²) in [6.07, 6.45) is 6.53. The Morgan fingerprint density at radius 1 is 0.927 bits per heavy atom. The number of halogens is 1. The minimum atomic E-state index is -3.80. The fraction of sp³-hybridized carbons (Fsp3) is 0.375. The molecule has 218 valence electrons. The van der Waals surface area contributed by atoms with Crippen LogP contribution >= 0.6 is 15.9 Å². The fourth-order valence-corrected chi connectivity index (χ4v) is 6.44. The van der Waals surface area contributed by atoms with E-state index in [2.05, 4.69) is 21.2 Å². The van der Waals surface area contributed by atoms with E-state index in [1.165, 1.54) is 0 Å². The van der Waals surface area contributed by atoms with Gasteiger partial charge in [0.25, 0.3) is 0 Å². The Labute approximate surface area is 252 Å². The first-order valence-electron chi connectivity index (χ1n) is 14.0. The van der Waals surface area contributed by atoms with Crippen molar-refractivity contribution in [3.8, 4) is 0 Å². The molecule has 0 heterocycles. The molecule has 41 heavy (non-hydrogen) atoms. The van der Waals surface area contributed by atoms with Crippen LogP contribution < -0.4 is 9.62 Å². The van der Waals surface area contributed by atoms with Crippen molar-refractivity contribution < 1.29 is 18.0 Å². The number of amides is 2. The zero-order chi connectivity index (χ0) is 29.4. The SMILES string of the molecule is Cc1cccc(CN(C(=O)CN(c2ccc(Br)cc2)S(C)(=O)=O)[C@@H](Cc2ccccc2)C(=O)NC2CCCCC2)c1. The third-order valence-corrected chi connectivity index (χ3v) is 9.12. The predicted octanol–water partition coefficient (Wildman–Crippen LogP) is 5.61. The Kier molecular flexibility index (Phi) is 10.6. The van der Waals surface area contributed by atoms with Gasteiger partial charge in [0, 0.05) is 23.5 Å². The maximum Gasteiger partial charge on any atom is 0.244 e. The summed E-state index contributed by atoms with van der Waals surface area (Å²) >= 11 is 3.38. The topological polar surface area (TPSA) is 86.8 Å². The molecule has 1 aliphatic carbocycles. The van der Waals surface area contributed by atoms with Crippen molar-refractivity contribution in [3.05, 3.63) is 100 Å². The summed E-state index contributed by atoms with van der Waals surface area (Å²) in [5.74, 6) is -0.657. The minimum Gasteiger partial charge on any atom is -0.352 e. The minimum absolute atomic E-state index is 0.0701. The molecule has 7 nitrogen and oxygen atoms in total. The van der Waals surface area contributed by atoms with Gasteiger partial charge in [-0.15, -0.1) is 0 Å². The molecule has 2 amide bonds. The molecule has 0 aromatic heterocycles. The summed E-state index contributed by atoms with van der Waals surface area (Å²) in [6.45, 7) is 1.73. The zero-order valence-electron chi connectivity index (χ0n) is 23.6. The van der Waals surface area contributed by atoms with Gasteiger partial charge in [0.15, 0.2) is 0 Å². The van der Waals surface area contributed by atoms with E-state index in [9.17, 15) is 18.0 Å². The molecule has 0 aliphatic heterocycles. The van der Waals surface area contributed by atoms with Gasteiger partial charge in [-0.25, -0.2) is 8.42 Å². The van der Waals surface area contributed by atoms with E-state index in [4.69, 9.17) is 0 Å². The molecule has 3 aromatic carbocycles. The van der Waals surface area contributed by atoms with E-state index in [0.29, 0.717) is 12.1 Å². The molecule has 9 heteroatoms. The van der Waals surface area contributed by atoms with Crippen LogP contribution in [0.25, 0.3) is 0 Å². The highest BCUT2D eigenvalue weighted by Gasteiger charge is 2.34. The van der Waals surface area contributed by atoms with Crippen molar-refractivity contribution in [1.82, 2.24) is 10.2 Å². The van der Waals surface area contributed by atoms with Crippen LogP contribution in [0.3, 0.4) is 0 Å². The third-order valence-electron chi connectivity index (χ3n) is 7.45. The molecule has 0 unspecified atom stereocenters. The largest absolute Gasteiger partial charge is 0.352 e. The molecule has 1 fully saturated rings. The second kappa shape index (κ2) is 14.1. The molecule has 0 radical (unpaired) electrons. The maximum absolute atomic E-state index is 14.2. The number of hydrogen-bond donors (Lipinski definition) is 1. The van der Waals surface area contributed by atoms with Gasteiger partial charge in [0.2, 0.25) is 21.8 Å². The summed E-state index contributed by atoms with van der Waals surface area (Å²) in [4.78, 5) is 29.7. The van der Waals surface area contributed by atoms with Crippen LogP contribution in [0.1, 0.15) is 48.8 Å². The molecule has 4 rings (SSSR count). The van der Waals surface area contributed by atoms with Gasteiger partial charge in [0.05, 0.1) is 11.9 Å². The number of carbonyl (C=O) groups is 2. The highest BCUT2D eigenvalue weighted by atomic mass is 79.9. The summed E-state index contributed by atoms with van der Waals surface area (Å²) in [5.41, 5.74) is 3.21. The van der Waals surface area contributed by atoms with E-state index >= 15 is 0 Å². The van der Waals surface area contributed by atoms with Gasteiger partial charge in [0.1, 0.15) is 12.6 Å². The van der Waals surface area contributed by atoms with Crippen LogP contribution in [-0.4, -0.2) is 50.0 Å². The van der Waals surface area contributed by atoms with Crippen LogP contribution in [0.4, 0.5) is 5.69 Å². The van der Waals surface area contributed by atoms with Crippen molar-refractivity contribution in [2.24, 2.45) is 0 Å². The third kappa shape index (κ3) is 8.91. The van der Waals surface area contributed by atoms with Crippen molar-refractivity contribution in [2.45, 2.75) is 64.1 Å². The van der Waals surface area contributed by atoms with Gasteiger partial charge in [-0.05, 0) is 55.2 Å². The number of sulfonamides is 1. The lowest BCUT2D eigenvalue weighted by Crippen LogP contribution is -2.55. The molecular formula is C32H38BrN3O4S. The first-order chi connectivity index (χ1) is 19.6. The number of nitrogens with zero attached hydrogens (tertiary/aromatic N) is 2. The van der Waals surface area contributed by atoms with Crippen molar-refractivity contribution in [2.75, 3.05) is 17.1 Å². The van der Waals surface area contributed by atoms with Gasteiger partial charge in [-0.1, -0.05) is 95.4 Å². The Morgan fingerprint density at radius 3 is 2.22 bits per heavy atom. The van der Waals surface area contributed by atoms with Crippen LogP contribution in [0.2, 0.25) is 0 Å². The quantitative estimate of drug-likeness (QED) is 0.295. The summed E-state index contributed by atoms with van der Waals surface area (Å²) in [5, 5.41) is 3.22. The predicted molar refractivity (Wildman–Crippen MR) is 167 cm³/mol. The lowest BCUT2D eigenvalue weighted by molar-refractivity contribution is -0.140. The van der Waals surface area contributed by atoms with E-state index in [1.54, 1.807) is 29.2 Å². The zero-order valence-corrected chi connectivity index (χ0v) is 26.0. The molecule has 1 saturated carbocycles. The maximum atomic E-state index is 14.2. The van der Waals surface area contributed by atoms with E-state index in [1.807, 2.05) is 61.5 Å².